The number of nitriles is 1. The van der Waals surface area contributed by atoms with Gasteiger partial charge < -0.3 is 13.7 Å². The lowest BCUT2D eigenvalue weighted by molar-refractivity contribution is 1.13. The van der Waals surface area contributed by atoms with Crippen molar-refractivity contribution in [3.63, 3.8) is 0 Å². The maximum absolute atomic E-state index is 10.3. The van der Waals surface area contributed by atoms with Crippen molar-refractivity contribution in [3.05, 3.63) is 193 Å². The third-order valence-electron chi connectivity index (χ3n) is 11.1. The third-order valence-corrected chi connectivity index (χ3v) is 11.1. The Labute approximate surface area is 316 Å². The van der Waals surface area contributed by atoms with E-state index in [1.165, 1.54) is 10.8 Å². The molecular weight excluding hydrogens is 671 g/mol. The van der Waals surface area contributed by atoms with Crippen LogP contribution >= 0.6 is 0 Å². The van der Waals surface area contributed by atoms with Crippen LogP contribution in [0.2, 0.25) is 0 Å². The summed E-state index contributed by atoms with van der Waals surface area (Å²) in [6, 6.07) is 63.4. The quantitative estimate of drug-likeness (QED) is 0.169. The summed E-state index contributed by atoms with van der Waals surface area (Å²) in [7, 11) is 0. The van der Waals surface area contributed by atoms with Crippen LogP contribution in [0.3, 0.4) is 0 Å². The van der Waals surface area contributed by atoms with Gasteiger partial charge in [-0.25, -0.2) is 4.85 Å². The Bertz CT molecular complexity index is 3420. The Balaban J connectivity index is 1.24. The number of nitrogens with zero attached hydrogens (tertiary/aromatic N) is 5. The molecule has 5 heteroatoms. The van der Waals surface area contributed by atoms with E-state index in [1.54, 1.807) is 0 Å². The minimum absolute atomic E-state index is 0.565. The number of hydrogen-bond acceptors (Lipinski definition) is 1. The molecule has 8 aromatic carbocycles. The summed E-state index contributed by atoms with van der Waals surface area (Å²) in [5.74, 6) is 0. The van der Waals surface area contributed by atoms with E-state index in [0.29, 0.717) is 11.3 Å². The van der Waals surface area contributed by atoms with E-state index in [1.807, 2.05) is 36.4 Å². The zero-order valence-corrected chi connectivity index (χ0v) is 29.5. The molecule has 0 aliphatic rings. The molecule has 0 saturated heterocycles. The Kier molecular flexibility index (Phi) is 6.61. The molecule has 0 radical (unpaired) electrons. The van der Waals surface area contributed by atoms with E-state index in [-0.39, 0.29) is 0 Å². The predicted molar refractivity (Wildman–Crippen MR) is 226 cm³/mol. The minimum atomic E-state index is 0.565. The van der Waals surface area contributed by atoms with Crippen molar-refractivity contribution in [3.8, 4) is 34.3 Å². The third kappa shape index (κ3) is 4.33. The highest BCUT2D eigenvalue weighted by Gasteiger charge is 2.23. The van der Waals surface area contributed by atoms with Crippen molar-refractivity contribution >= 4 is 71.1 Å². The smallest absolute Gasteiger partial charge is 0.196 e. The van der Waals surface area contributed by atoms with Crippen LogP contribution in [0.1, 0.15) is 5.56 Å². The molecule has 0 unspecified atom stereocenters. The normalized spacial score (nSPS) is 11.6. The molecule has 11 aromatic rings. The van der Waals surface area contributed by atoms with Crippen LogP contribution in [0.15, 0.2) is 176 Å². The van der Waals surface area contributed by atoms with E-state index in [0.717, 1.165) is 82.8 Å². The standard InChI is InChI=1S/C50H29N5/c1-52-41-23-13-28-46(48(41)32-14-10-16-34(30-32)53-42-24-6-4-19-37(42)39-21-11-15-33(31-51)49(39)53)55-45-27-9-5-20-38(45)40-22-12-29-47(50(40)55)54-43-25-7-2-17-35(43)36-18-3-8-26-44(36)54/h2-30H. The molecule has 0 N–H and O–H groups in total. The molecule has 3 heterocycles. The molecule has 5 nitrogen and oxygen atoms in total. The summed E-state index contributed by atoms with van der Waals surface area (Å²) in [6.07, 6.45) is 0. The molecule has 11 rings (SSSR count). The molecule has 0 atom stereocenters. The predicted octanol–water partition coefficient (Wildman–Crippen LogP) is 13.1. The first-order chi connectivity index (χ1) is 27.2. The van der Waals surface area contributed by atoms with Crippen LogP contribution in [0, 0.1) is 17.9 Å². The molecule has 0 saturated carbocycles. The summed E-state index contributed by atoms with van der Waals surface area (Å²) in [5.41, 5.74) is 12.1. The van der Waals surface area contributed by atoms with Crippen LogP contribution in [0.25, 0.3) is 98.5 Å². The maximum Gasteiger partial charge on any atom is 0.196 e. The van der Waals surface area contributed by atoms with Gasteiger partial charge in [-0.1, -0.05) is 121 Å². The number of rotatable bonds is 4. The number of para-hydroxylation sites is 6. The SMILES string of the molecule is [C-]#[N+]c1cccc(-n2c3ccccc3c3cccc(-n4c5ccccc5c5ccccc54)c32)c1-c1cccc(-n2c3ccccc3c3cccc(C#N)c32)c1. The molecule has 0 spiro atoms. The molecule has 254 valence electrons. The van der Waals surface area contributed by atoms with Gasteiger partial charge in [-0.2, -0.15) is 5.26 Å². The molecular formula is C50H29N5. The average molecular weight is 700 g/mol. The summed E-state index contributed by atoms with van der Waals surface area (Å²) in [6.45, 7) is 8.45. The second-order valence-corrected chi connectivity index (χ2v) is 13.9. The van der Waals surface area contributed by atoms with Gasteiger partial charge in [0.15, 0.2) is 5.69 Å². The van der Waals surface area contributed by atoms with Crippen molar-refractivity contribution in [2.24, 2.45) is 0 Å². The fourth-order valence-corrected chi connectivity index (χ4v) is 8.89. The lowest BCUT2D eigenvalue weighted by Crippen LogP contribution is -2.02. The van der Waals surface area contributed by atoms with Crippen LogP contribution < -0.4 is 0 Å². The highest BCUT2D eigenvalue weighted by molar-refractivity contribution is 6.16. The van der Waals surface area contributed by atoms with Crippen LogP contribution in [0.4, 0.5) is 5.69 Å². The topological polar surface area (TPSA) is 42.9 Å². The largest absolute Gasteiger partial charge is 0.308 e. The number of hydrogen-bond donors (Lipinski definition) is 0. The summed E-state index contributed by atoms with van der Waals surface area (Å²) < 4.78 is 6.93. The van der Waals surface area contributed by atoms with Crippen molar-refractivity contribution in [1.82, 2.24) is 13.7 Å². The minimum Gasteiger partial charge on any atom is -0.308 e. The lowest BCUT2D eigenvalue weighted by atomic mass is 10.00. The first kappa shape index (κ1) is 30.7. The van der Waals surface area contributed by atoms with E-state index < -0.39 is 0 Å². The molecule has 0 fully saturated rings. The van der Waals surface area contributed by atoms with Crippen LogP contribution in [-0.2, 0) is 0 Å². The second-order valence-electron chi connectivity index (χ2n) is 13.9. The fraction of sp³-hybridized carbons (Fsp3) is 0. The lowest BCUT2D eigenvalue weighted by Gasteiger charge is -2.19. The van der Waals surface area contributed by atoms with Gasteiger partial charge in [0.2, 0.25) is 0 Å². The molecule has 0 aliphatic carbocycles. The highest BCUT2D eigenvalue weighted by atomic mass is 15.1. The number of aromatic nitrogens is 3. The summed E-state index contributed by atoms with van der Waals surface area (Å²) >= 11 is 0. The van der Waals surface area contributed by atoms with Gasteiger partial charge in [0, 0.05) is 49.3 Å². The average Bonchev–Trinajstić information content (AvgIpc) is 3.89. The summed E-state index contributed by atoms with van der Waals surface area (Å²) in [5, 5.41) is 17.1. The first-order valence-corrected chi connectivity index (χ1v) is 18.3. The van der Waals surface area contributed by atoms with E-state index in [4.69, 9.17) is 6.57 Å². The molecule has 3 aromatic heterocycles. The van der Waals surface area contributed by atoms with Gasteiger partial charge in [-0.3, -0.25) is 0 Å². The Hall–Kier alpha value is -7.86. The Morgan fingerprint density at radius 1 is 0.436 bits per heavy atom. The zero-order valence-electron chi connectivity index (χ0n) is 29.5. The van der Waals surface area contributed by atoms with E-state index in [2.05, 4.69) is 164 Å². The molecule has 0 amide bonds. The molecule has 0 bridgehead atoms. The second kappa shape index (κ2) is 11.8. The Morgan fingerprint density at radius 3 is 1.56 bits per heavy atom. The fourth-order valence-electron chi connectivity index (χ4n) is 8.89. The zero-order chi connectivity index (χ0) is 36.6. The van der Waals surface area contributed by atoms with E-state index in [9.17, 15) is 5.26 Å². The van der Waals surface area contributed by atoms with Gasteiger partial charge >= 0.3 is 0 Å². The van der Waals surface area contributed by atoms with Gasteiger partial charge in [-0.15, -0.1) is 0 Å². The van der Waals surface area contributed by atoms with Crippen molar-refractivity contribution in [2.75, 3.05) is 0 Å². The maximum atomic E-state index is 10.3. The van der Waals surface area contributed by atoms with Crippen molar-refractivity contribution in [1.29, 1.82) is 5.26 Å². The van der Waals surface area contributed by atoms with Gasteiger partial charge in [0.05, 0.1) is 50.9 Å². The highest BCUT2D eigenvalue weighted by Crippen LogP contribution is 2.44. The van der Waals surface area contributed by atoms with E-state index >= 15 is 0 Å². The summed E-state index contributed by atoms with van der Waals surface area (Å²) in [4.78, 5) is 4.13. The number of fused-ring (bicyclic) bond motifs is 9. The van der Waals surface area contributed by atoms with Crippen LogP contribution in [-0.4, -0.2) is 13.7 Å². The molecule has 0 aliphatic heterocycles. The molecule has 55 heavy (non-hydrogen) atoms. The van der Waals surface area contributed by atoms with Gasteiger partial charge in [0.1, 0.15) is 6.07 Å². The van der Waals surface area contributed by atoms with Gasteiger partial charge in [-0.05, 0) is 60.2 Å². The Morgan fingerprint density at radius 2 is 0.927 bits per heavy atom. The van der Waals surface area contributed by atoms with Crippen molar-refractivity contribution in [2.45, 2.75) is 0 Å². The number of benzene rings is 8. The monoisotopic (exact) mass is 699 g/mol. The van der Waals surface area contributed by atoms with Crippen LogP contribution in [0.5, 0.6) is 0 Å². The first-order valence-electron chi connectivity index (χ1n) is 18.3. The van der Waals surface area contributed by atoms with Gasteiger partial charge in [0.25, 0.3) is 0 Å². The van der Waals surface area contributed by atoms with Crippen molar-refractivity contribution < 1.29 is 0 Å².